The van der Waals surface area contributed by atoms with Gasteiger partial charge in [0.2, 0.25) is 0 Å². The first kappa shape index (κ1) is 10.6. The van der Waals surface area contributed by atoms with E-state index in [0.717, 1.165) is 19.3 Å². The summed E-state index contributed by atoms with van der Waals surface area (Å²) in [7, 11) is 0. The van der Waals surface area contributed by atoms with Gasteiger partial charge in [0, 0.05) is 11.3 Å². The molecule has 0 radical (unpaired) electrons. The molecule has 2 fully saturated rings. The first-order valence-electron chi connectivity index (χ1n) is 6.04. The van der Waals surface area contributed by atoms with Crippen LogP contribution in [0.25, 0.3) is 0 Å². The largest absolute Gasteiger partial charge is 0.399 e. The molecule has 0 spiro atoms. The van der Waals surface area contributed by atoms with Crippen molar-refractivity contribution in [3.63, 3.8) is 0 Å². The maximum absolute atomic E-state index is 12.0. The van der Waals surface area contributed by atoms with Crippen LogP contribution < -0.4 is 11.1 Å². The van der Waals surface area contributed by atoms with Crippen LogP contribution in [0, 0.1) is 0 Å². The molecule has 90 valence electrons. The highest BCUT2D eigenvalue weighted by Crippen LogP contribution is 2.34. The number of hydrogen-bond donors (Lipinski definition) is 2. The van der Waals surface area contributed by atoms with E-state index in [-0.39, 0.29) is 18.1 Å². The molecule has 2 aliphatic rings. The third-order valence-corrected chi connectivity index (χ3v) is 3.60. The number of amides is 1. The summed E-state index contributed by atoms with van der Waals surface area (Å²) in [4.78, 5) is 12.0. The van der Waals surface area contributed by atoms with Gasteiger partial charge in [0.15, 0.2) is 0 Å². The highest BCUT2D eigenvalue weighted by Gasteiger charge is 2.41. The minimum absolute atomic E-state index is 0.0360. The van der Waals surface area contributed by atoms with E-state index in [1.165, 1.54) is 0 Å². The maximum Gasteiger partial charge on any atom is 0.251 e. The van der Waals surface area contributed by atoms with E-state index in [2.05, 4.69) is 5.32 Å². The third kappa shape index (κ3) is 2.00. The zero-order valence-corrected chi connectivity index (χ0v) is 9.56. The summed E-state index contributed by atoms with van der Waals surface area (Å²) in [6.07, 6.45) is 3.73. The van der Waals surface area contributed by atoms with Gasteiger partial charge in [-0.25, -0.2) is 0 Å². The molecular weight excluding hydrogens is 216 g/mol. The molecular formula is C13H16N2O2. The molecule has 4 nitrogen and oxygen atoms in total. The minimum Gasteiger partial charge on any atom is -0.399 e. The van der Waals surface area contributed by atoms with Gasteiger partial charge in [-0.05, 0) is 43.5 Å². The molecule has 1 amide bonds. The molecule has 3 unspecified atom stereocenters. The first-order chi connectivity index (χ1) is 8.22. The summed E-state index contributed by atoms with van der Waals surface area (Å²) >= 11 is 0. The molecule has 0 saturated carbocycles. The number of nitrogens with two attached hydrogens (primary N) is 1. The maximum atomic E-state index is 12.0. The summed E-state index contributed by atoms with van der Waals surface area (Å²) in [5.41, 5.74) is 6.91. The molecule has 1 aromatic carbocycles. The second kappa shape index (κ2) is 4.04. The first-order valence-corrected chi connectivity index (χ1v) is 6.04. The Morgan fingerprint density at radius 2 is 2.06 bits per heavy atom. The van der Waals surface area contributed by atoms with Gasteiger partial charge in [-0.2, -0.15) is 0 Å². The van der Waals surface area contributed by atoms with Crippen LogP contribution in [0.15, 0.2) is 24.3 Å². The van der Waals surface area contributed by atoms with E-state index >= 15 is 0 Å². The lowest BCUT2D eigenvalue weighted by Crippen LogP contribution is -2.41. The lowest BCUT2D eigenvalue weighted by Gasteiger charge is -2.20. The molecule has 1 aromatic rings. The Morgan fingerprint density at radius 3 is 2.65 bits per heavy atom. The van der Waals surface area contributed by atoms with E-state index in [9.17, 15) is 4.79 Å². The molecule has 4 heteroatoms. The van der Waals surface area contributed by atoms with Gasteiger partial charge < -0.3 is 15.8 Å². The minimum atomic E-state index is -0.0360. The van der Waals surface area contributed by atoms with Crippen LogP contribution in [-0.2, 0) is 4.74 Å². The predicted molar refractivity (Wildman–Crippen MR) is 64.6 cm³/mol. The number of ether oxygens (including phenoxy) is 1. The number of carbonyl (C=O) groups excluding carboxylic acids is 1. The standard InChI is InChI=1S/C13H16N2O2/c14-9-3-1-8(2-4-9)13(16)15-11-7-10-5-6-12(11)17-10/h1-4,10-12H,5-7,14H2,(H,15,16). The zero-order valence-electron chi connectivity index (χ0n) is 9.56. The number of hydrogen-bond acceptors (Lipinski definition) is 3. The Kier molecular flexibility index (Phi) is 2.52. The molecule has 0 aromatic heterocycles. The molecule has 3 N–H and O–H groups in total. The lowest BCUT2D eigenvalue weighted by molar-refractivity contribution is 0.0841. The van der Waals surface area contributed by atoms with Crippen molar-refractivity contribution in [3.8, 4) is 0 Å². The Labute approximate surface area is 100 Å². The van der Waals surface area contributed by atoms with Gasteiger partial charge in [0.25, 0.3) is 5.91 Å². The van der Waals surface area contributed by atoms with Gasteiger partial charge in [-0.3, -0.25) is 4.79 Å². The summed E-state index contributed by atoms with van der Waals surface area (Å²) in [5.74, 6) is -0.0360. The number of nitrogen functional groups attached to an aromatic ring is 1. The van der Waals surface area contributed by atoms with Gasteiger partial charge >= 0.3 is 0 Å². The zero-order chi connectivity index (χ0) is 11.8. The quantitative estimate of drug-likeness (QED) is 0.756. The van der Waals surface area contributed by atoms with E-state index in [1.807, 2.05) is 0 Å². The van der Waals surface area contributed by atoms with Crippen molar-refractivity contribution in [2.24, 2.45) is 0 Å². The summed E-state index contributed by atoms with van der Waals surface area (Å²) < 4.78 is 5.71. The molecule has 3 atom stereocenters. The number of rotatable bonds is 2. The second-order valence-corrected chi connectivity index (χ2v) is 4.81. The fourth-order valence-electron chi connectivity index (χ4n) is 2.68. The number of carbonyl (C=O) groups is 1. The Hall–Kier alpha value is -1.55. The van der Waals surface area contributed by atoms with Gasteiger partial charge in [0.1, 0.15) is 0 Å². The molecule has 3 rings (SSSR count). The van der Waals surface area contributed by atoms with Crippen LogP contribution in [0.1, 0.15) is 29.6 Å². The normalized spacial score (nSPS) is 30.5. The van der Waals surface area contributed by atoms with Crippen molar-refractivity contribution in [2.45, 2.75) is 37.5 Å². The van der Waals surface area contributed by atoms with Crippen molar-refractivity contribution >= 4 is 11.6 Å². The van der Waals surface area contributed by atoms with E-state index < -0.39 is 0 Å². The topological polar surface area (TPSA) is 64.4 Å². The molecule has 2 heterocycles. The van der Waals surface area contributed by atoms with Crippen molar-refractivity contribution in [3.05, 3.63) is 29.8 Å². The van der Waals surface area contributed by atoms with Crippen LogP contribution in [0.4, 0.5) is 5.69 Å². The van der Waals surface area contributed by atoms with Crippen LogP contribution >= 0.6 is 0 Å². The number of benzene rings is 1. The molecule has 0 aliphatic carbocycles. The van der Waals surface area contributed by atoms with Crippen molar-refractivity contribution in [2.75, 3.05) is 5.73 Å². The van der Waals surface area contributed by atoms with Crippen LogP contribution in [0.5, 0.6) is 0 Å². The van der Waals surface area contributed by atoms with Crippen molar-refractivity contribution < 1.29 is 9.53 Å². The summed E-state index contributed by atoms with van der Waals surface area (Å²) in [6.45, 7) is 0. The van der Waals surface area contributed by atoms with E-state index in [4.69, 9.17) is 10.5 Å². The Morgan fingerprint density at radius 1 is 1.29 bits per heavy atom. The summed E-state index contributed by atoms with van der Waals surface area (Å²) in [6, 6.07) is 7.16. The SMILES string of the molecule is Nc1ccc(C(=O)NC2CC3CCC2O3)cc1. The Bertz CT molecular complexity index is 430. The van der Waals surface area contributed by atoms with Crippen molar-refractivity contribution in [1.82, 2.24) is 5.32 Å². The second-order valence-electron chi connectivity index (χ2n) is 4.81. The van der Waals surface area contributed by atoms with Crippen LogP contribution in [-0.4, -0.2) is 24.2 Å². The fourth-order valence-corrected chi connectivity index (χ4v) is 2.68. The lowest BCUT2D eigenvalue weighted by atomic mass is 9.95. The summed E-state index contributed by atoms with van der Waals surface area (Å²) in [5, 5.41) is 3.04. The van der Waals surface area contributed by atoms with Gasteiger partial charge in [0.05, 0.1) is 18.2 Å². The number of nitrogens with one attached hydrogen (secondary N) is 1. The molecule has 17 heavy (non-hydrogen) atoms. The molecule has 2 saturated heterocycles. The average molecular weight is 232 g/mol. The highest BCUT2D eigenvalue weighted by atomic mass is 16.5. The third-order valence-electron chi connectivity index (χ3n) is 3.60. The van der Waals surface area contributed by atoms with Gasteiger partial charge in [-0.15, -0.1) is 0 Å². The monoisotopic (exact) mass is 232 g/mol. The van der Waals surface area contributed by atoms with E-state index in [1.54, 1.807) is 24.3 Å². The number of anilines is 1. The fraction of sp³-hybridized carbons (Fsp3) is 0.462. The van der Waals surface area contributed by atoms with Crippen molar-refractivity contribution in [1.29, 1.82) is 0 Å². The van der Waals surface area contributed by atoms with Crippen LogP contribution in [0.2, 0.25) is 0 Å². The van der Waals surface area contributed by atoms with Crippen LogP contribution in [0.3, 0.4) is 0 Å². The predicted octanol–water partition coefficient (Wildman–Crippen LogP) is 1.32. The number of fused-ring (bicyclic) bond motifs is 2. The van der Waals surface area contributed by atoms with Gasteiger partial charge in [-0.1, -0.05) is 0 Å². The van der Waals surface area contributed by atoms with E-state index in [0.29, 0.717) is 17.4 Å². The highest BCUT2D eigenvalue weighted by molar-refractivity contribution is 5.94. The molecule has 2 aliphatic heterocycles. The molecule has 2 bridgehead atoms. The smallest absolute Gasteiger partial charge is 0.251 e. The Balaban J connectivity index is 1.65. The average Bonchev–Trinajstić information content (AvgIpc) is 2.91.